The number of hydrogen-bond acceptors (Lipinski definition) is 6. The van der Waals surface area contributed by atoms with Crippen LogP contribution in [0.4, 0.5) is 14.5 Å². The van der Waals surface area contributed by atoms with Gasteiger partial charge in [0.1, 0.15) is 41.0 Å². The second kappa shape index (κ2) is 12.3. The summed E-state index contributed by atoms with van der Waals surface area (Å²) in [7, 11) is 3.31. The van der Waals surface area contributed by atoms with Gasteiger partial charge >= 0.3 is 0 Å². The Morgan fingerprint density at radius 2 is 1.74 bits per heavy atom. The topological polar surface area (TPSA) is 83.4 Å². The number of carbonyl (C=O) groups excluding carboxylic acids is 1. The Morgan fingerprint density at radius 3 is 2.47 bits per heavy atom. The van der Waals surface area contributed by atoms with E-state index in [4.69, 9.17) is 14.1 Å². The van der Waals surface area contributed by atoms with Gasteiger partial charge in [-0.05, 0) is 66.2 Å². The Bertz CT molecular complexity index is 2260. The summed E-state index contributed by atoms with van der Waals surface area (Å²) in [4.78, 5) is 21.6. The van der Waals surface area contributed by atoms with E-state index in [1.54, 1.807) is 47.8 Å². The maximum Gasteiger partial charge on any atom is 0.255 e. The fourth-order valence-electron chi connectivity index (χ4n) is 5.65. The molecule has 0 atom stereocenters. The molecule has 7 rings (SSSR count). The van der Waals surface area contributed by atoms with E-state index in [2.05, 4.69) is 23.1 Å². The average Bonchev–Trinajstić information content (AvgIpc) is 3.70. The van der Waals surface area contributed by atoms with Gasteiger partial charge in [-0.1, -0.05) is 49.2 Å². The van der Waals surface area contributed by atoms with E-state index < -0.39 is 5.82 Å². The van der Waals surface area contributed by atoms with Crippen LogP contribution in [0, 0.1) is 11.6 Å². The van der Waals surface area contributed by atoms with Gasteiger partial charge < -0.3 is 23.8 Å². The molecule has 0 unspecified atom stereocenters. The number of aromatic nitrogens is 2. The van der Waals surface area contributed by atoms with Gasteiger partial charge in [-0.15, -0.1) is 0 Å². The maximum absolute atomic E-state index is 14.8. The van der Waals surface area contributed by atoms with Crippen LogP contribution >= 0.6 is 12.8 Å². The number of nitrogens with zero attached hydrogens (tertiary/aromatic N) is 2. The molecular weight excluding hydrogens is 618 g/mol. The highest BCUT2D eigenvalue weighted by Gasteiger charge is 2.25. The van der Waals surface area contributed by atoms with Gasteiger partial charge in [0.2, 0.25) is 0 Å². The lowest BCUT2D eigenvalue weighted by Crippen LogP contribution is -2.18. The zero-order chi connectivity index (χ0) is 32.7. The van der Waals surface area contributed by atoms with E-state index in [-0.39, 0.29) is 11.7 Å². The van der Waals surface area contributed by atoms with E-state index in [1.165, 1.54) is 25.2 Å². The van der Waals surface area contributed by atoms with E-state index in [1.807, 2.05) is 48.5 Å². The molecule has 7 aromatic rings. The summed E-state index contributed by atoms with van der Waals surface area (Å²) in [5.41, 5.74) is 5.82. The number of carbonyl (C=O) groups is 1. The number of halogens is 2. The molecule has 0 spiro atoms. The number of H-pyrrole nitrogens is 1. The van der Waals surface area contributed by atoms with Crippen molar-refractivity contribution in [2.24, 2.45) is 0 Å². The zero-order valence-corrected chi connectivity index (χ0v) is 26.2. The number of nitrogens with one attached hydrogen (secondary N) is 2. The molecule has 0 saturated heterocycles. The largest absolute Gasteiger partial charge is 0.487 e. The predicted octanol–water partition coefficient (Wildman–Crippen LogP) is 8.81. The molecule has 0 fully saturated rings. The Balaban J connectivity index is 1.42. The summed E-state index contributed by atoms with van der Waals surface area (Å²) in [5.74, 6) is -0.305. The van der Waals surface area contributed by atoms with Gasteiger partial charge in [-0.2, -0.15) is 0 Å². The van der Waals surface area contributed by atoms with Gasteiger partial charge in [-0.25, -0.2) is 13.8 Å². The van der Waals surface area contributed by atoms with Crippen molar-refractivity contribution in [3.63, 3.8) is 0 Å². The second-order valence-corrected chi connectivity index (χ2v) is 11.6. The number of hydrogen-bond donors (Lipinski definition) is 3. The van der Waals surface area contributed by atoms with Crippen molar-refractivity contribution in [2.75, 3.05) is 18.4 Å². The van der Waals surface area contributed by atoms with Crippen molar-refractivity contribution >= 4 is 46.3 Å². The van der Waals surface area contributed by atoms with Crippen LogP contribution < -0.4 is 14.4 Å². The van der Waals surface area contributed by atoms with Gasteiger partial charge in [0.05, 0.1) is 22.6 Å². The summed E-state index contributed by atoms with van der Waals surface area (Å²) in [6, 6.07) is 29.4. The Morgan fingerprint density at radius 1 is 0.957 bits per heavy atom. The molecule has 0 radical (unpaired) electrons. The summed E-state index contributed by atoms with van der Waals surface area (Å²) in [5, 5.41) is 3.67. The van der Waals surface area contributed by atoms with Gasteiger partial charge in [-0.3, -0.25) is 4.79 Å². The first-order valence-electron chi connectivity index (χ1n) is 14.8. The van der Waals surface area contributed by atoms with Crippen molar-refractivity contribution in [3.8, 4) is 39.7 Å². The van der Waals surface area contributed by atoms with E-state index in [0.717, 1.165) is 5.56 Å². The Labute approximate surface area is 274 Å². The minimum atomic E-state index is -0.400. The lowest BCUT2D eigenvalue weighted by atomic mass is 10.0. The summed E-state index contributed by atoms with van der Waals surface area (Å²) in [6.07, 6.45) is 0. The summed E-state index contributed by atoms with van der Waals surface area (Å²) in [6.45, 7) is 0.302. The Hall–Kier alpha value is -5.61. The van der Waals surface area contributed by atoms with Crippen LogP contribution in [-0.4, -0.2) is 30.0 Å². The van der Waals surface area contributed by atoms with Crippen molar-refractivity contribution in [2.45, 2.75) is 6.61 Å². The quantitative estimate of drug-likeness (QED) is 0.144. The number of aromatic amines is 1. The monoisotopic (exact) mass is 646 g/mol. The van der Waals surface area contributed by atoms with Gasteiger partial charge in [0.15, 0.2) is 0 Å². The highest BCUT2D eigenvalue weighted by atomic mass is 32.1. The average molecular weight is 647 g/mol. The van der Waals surface area contributed by atoms with Gasteiger partial charge in [0, 0.05) is 47.6 Å². The van der Waals surface area contributed by atoms with E-state index in [9.17, 15) is 13.6 Å². The van der Waals surface area contributed by atoms with E-state index in [0.29, 0.717) is 79.4 Å². The number of thiol groups is 1. The second-order valence-electron chi connectivity index (χ2n) is 11.0. The molecule has 0 bridgehead atoms. The number of fused-ring (bicyclic) bond motifs is 2. The molecule has 3 aromatic heterocycles. The molecule has 3 heterocycles. The first-order valence-corrected chi connectivity index (χ1v) is 15.2. The molecule has 0 aliphatic heterocycles. The number of amides is 1. The van der Waals surface area contributed by atoms with Crippen LogP contribution in [-0.2, 0) is 6.61 Å². The van der Waals surface area contributed by atoms with Crippen LogP contribution in [0.2, 0.25) is 0 Å². The molecule has 0 aliphatic rings. The third-order valence-corrected chi connectivity index (χ3v) is 8.17. The number of rotatable bonds is 8. The van der Waals surface area contributed by atoms with E-state index >= 15 is 0 Å². The van der Waals surface area contributed by atoms with Crippen molar-refractivity contribution in [1.29, 1.82) is 0 Å². The van der Waals surface area contributed by atoms with Crippen LogP contribution in [0.25, 0.3) is 55.8 Å². The molecule has 10 heteroatoms. The number of ether oxygens (including phenoxy) is 1. The molecular formula is C37H28F2N4O3S. The van der Waals surface area contributed by atoms with Crippen LogP contribution in [0.15, 0.2) is 108 Å². The lowest BCUT2D eigenvalue weighted by Gasteiger charge is -2.18. The van der Waals surface area contributed by atoms with Crippen molar-refractivity contribution in [3.05, 3.63) is 126 Å². The normalized spacial score (nSPS) is 11.3. The smallest absolute Gasteiger partial charge is 0.255 e. The molecule has 7 nitrogen and oxygen atoms in total. The summed E-state index contributed by atoms with van der Waals surface area (Å²) >= 11 is 4.61. The standard InChI is InChI=1S/C37H28F2N4O3S/c1-40-37(44)34-26-17-25(31(43(2)47)19-33(26)46-36(34)22-11-13-23(38)14-12-22)29-15-16-32(45-20-21-7-4-3-5-8-21)35(42-29)30-18-24-27(39)9-6-10-28(24)41-30/h3-19,41,47H,20H2,1-2H3,(H,40,44). The van der Waals surface area contributed by atoms with Crippen molar-refractivity contribution in [1.82, 2.24) is 15.3 Å². The number of furan rings is 1. The number of pyridine rings is 1. The molecule has 234 valence electrons. The minimum Gasteiger partial charge on any atom is -0.487 e. The minimum absolute atomic E-state index is 0.302. The maximum atomic E-state index is 14.8. The Kier molecular flexibility index (Phi) is 7.87. The molecule has 0 saturated carbocycles. The van der Waals surface area contributed by atoms with Crippen molar-refractivity contribution < 1.29 is 22.7 Å². The molecule has 1 amide bonds. The molecule has 47 heavy (non-hydrogen) atoms. The number of benzene rings is 4. The first-order chi connectivity index (χ1) is 22.8. The van der Waals surface area contributed by atoms with Crippen LogP contribution in [0.1, 0.15) is 15.9 Å². The third kappa shape index (κ3) is 5.68. The lowest BCUT2D eigenvalue weighted by molar-refractivity contribution is 0.0964. The van der Waals surface area contributed by atoms with Crippen LogP contribution in [0.5, 0.6) is 5.75 Å². The fraction of sp³-hybridized carbons (Fsp3) is 0.0811. The van der Waals surface area contributed by atoms with Gasteiger partial charge in [0.25, 0.3) is 5.91 Å². The molecule has 0 aliphatic carbocycles. The predicted molar refractivity (Wildman–Crippen MR) is 184 cm³/mol. The first kappa shape index (κ1) is 30.1. The third-order valence-electron chi connectivity index (χ3n) is 7.95. The van der Waals surface area contributed by atoms with Crippen LogP contribution in [0.3, 0.4) is 0 Å². The highest BCUT2D eigenvalue weighted by molar-refractivity contribution is 7.81. The zero-order valence-electron chi connectivity index (χ0n) is 25.3. The fourth-order valence-corrected chi connectivity index (χ4v) is 5.81. The summed E-state index contributed by atoms with van der Waals surface area (Å²) < 4.78 is 42.6. The molecule has 2 N–H and O–H groups in total. The SMILES string of the molecule is CNC(=O)c1c(-c2ccc(F)cc2)oc2cc(N(C)S)c(-c3ccc(OCc4ccccc4)c(-c4cc5c(F)cccc5[nH]4)n3)cc12. The number of anilines is 1. The molecule has 4 aromatic carbocycles. The highest BCUT2D eigenvalue weighted by Crippen LogP contribution is 2.42.